The molecule has 1 atom stereocenters. The third-order valence-electron chi connectivity index (χ3n) is 5.58. The van der Waals surface area contributed by atoms with E-state index in [1.165, 1.54) is 7.11 Å². The van der Waals surface area contributed by atoms with Crippen LogP contribution in [0.5, 0.6) is 11.5 Å². The van der Waals surface area contributed by atoms with Gasteiger partial charge in [-0.3, -0.25) is 0 Å². The lowest BCUT2D eigenvalue weighted by Gasteiger charge is -2.30. The molecule has 3 aromatic rings. The maximum absolute atomic E-state index is 13.1. The Balaban J connectivity index is 1.71. The molecule has 0 fully saturated rings. The molecular formula is C27H24Cl2N2O5. The average Bonchev–Trinajstić information content (AvgIpc) is 2.88. The summed E-state index contributed by atoms with van der Waals surface area (Å²) in [6.07, 6.45) is 0. The van der Waals surface area contributed by atoms with Crippen molar-refractivity contribution in [3.63, 3.8) is 0 Å². The highest BCUT2D eigenvalue weighted by atomic mass is 35.5. The number of methoxy groups -OCH3 is 1. The van der Waals surface area contributed by atoms with Crippen LogP contribution >= 0.6 is 23.2 Å². The van der Waals surface area contributed by atoms with Gasteiger partial charge in [0.15, 0.2) is 11.5 Å². The van der Waals surface area contributed by atoms with Crippen molar-refractivity contribution >= 4 is 40.9 Å². The number of esters is 1. The van der Waals surface area contributed by atoms with Gasteiger partial charge in [-0.2, -0.15) is 0 Å². The number of hydrogen-bond acceptors (Lipinski definition) is 5. The summed E-state index contributed by atoms with van der Waals surface area (Å²) >= 11 is 12.5. The van der Waals surface area contributed by atoms with Gasteiger partial charge >= 0.3 is 12.0 Å². The van der Waals surface area contributed by atoms with Gasteiger partial charge in [-0.25, -0.2) is 9.59 Å². The molecule has 0 bridgehead atoms. The normalized spacial score (nSPS) is 15.1. The van der Waals surface area contributed by atoms with E-state index in [2.05, 4.69) is 10.6 Å². The first-order valence-electron chi connectivity index (χ1n) is 11.2. The van der Waals surface area contributed by atoms with Crippen LogP contribution in [0.2, 0.25) is 10.0 Å². The van der Waals surface area contributed by atoms with Crippen molar-refractivity contribution in [1.82, 2.24) is 10.6 Å². The molecule has 0 saturated heterocycles. The van der Waals surface area contributed by atoms with E-state index in [1.807, 2.05) is 30.3 Å². The zero-order valence-electron chi connectivity index (χ0n) is 19.6. The molecule has 2 amide bonds. The number of nitrogens with one attached hydrogen (secondary N) is 2. The number of carbonyl (C=O) groups is 2. The van der Waals surface area contributed by atoms with Gasteiger partial charge in [0.2, 0.25) is 0 Å². The number of rotatable bonds is 8. The zero-order valence-corrected chi connectivity index (χ0v) is 21.2. The second-order valence-electron chi connectivity index (χ2n) is 7.81. The second-order valence-corrected chi connectivity index (χ2v) is 8.62. The smallest absolute Gasteiger partial charge is 0.338 e. The zero-order chi connectivity index (χ0) is 25.7. The van der Waals surface area contributed by atoms with Crippen molar-refractivity contribution in [2.75, 3.05) is 13.7 Å². The molecule has 0 spiro atoms. The summed E-state index contributed by atoms with van der Waals surface area (Å²) in [5.74, 6) is 0.317. The molecule has 3 aromatic carbocycles. The summed E-state index contributed by atoms with van der Waals surface area (Å²) in [5, 5.41) is 6.57. The van der Waals surface area contributed by atoms with E-state index in [1.54, 1.807) is 43.3 Å². The van der Waals surface area contributed by atoms with E-state index in [0.717, 1.165) is 0 Å². The Bertz CT molecular complexity index is 1290. The van der Waals surface area contributed by atoms with Gasteiger partial charge in [-0.1, -0.05) is 65.7 Å². The molecule has 36 heavy (non-hydrogen) atoms. The van der Waals surface area contributed by atoms with Gasteiger partial charge in [-0.15, -0.1) is 0 Å². The van der Waals surface area contributed by atoms with Crippen LogP contribution in [0.4, 0.5) is 4.79 Å². The lowest BCUT2D eigenvalue weighted by Crippen LogP contribution is -2.45. The van der Waals surface area contributed by atoms with Crippen LogP contribution < -0.4 is 20.1 Å². The van der Waals surface area contributed by atoms with Gasteiger partial charge in [-0.05, 0) is 42.3 Å². The quantitative estimate of drug-likeness (QED) is 0.356. The molecule has 0 saturated carbocycles. The second kappa shape index (κ2) is 11.4. The van der Waals surface area contributed by atoms with E-state index in [9.17, 15) is 9.59 Å². The molecule has 1 heterocycles. The molecule has 9 heteroatoms. The van der Waals surface area contributed by atoms with Gasteiger partial charge in [0.25, 0.3) is 0 Å². The van der Waals surface area contributed by atoms with Crippen LogP contribution in [-0.2, 0) is 16.1 Å². The number of carbonyl (C=O) groups excluding carboxylic acids is 2. The number of hydrogen-bond donors (Lipinski definition) is 2. The molecule has 2 N–H and O–H groups in total. The van der Waals surface area contributed by atoms with E-state index in [-0.39, 0.29) is 18.8 Å². The van der Waals surface area contributed by atoms with Gasteiger partial charge < -0.3 is 24.8 Å². The Kier molecular flexibility index (Phi) is 8.03. The topological polar surface area (TPSA) is 85.9 Å². The van der Waals surface area contributed by atoms with Crippen LogP contribution in [0.15, 0.2) is 72.3 Å². The fourth-order valence-corrected chi connectivity index (χ4v) is 4.39. The number of ether oxygens (including phenoxy) is 3. The van der Waals surface area contributed by atoms with Crippen LogP contribution in [0.1, 0.15) is 29.7 Å². The molecule has 0 aliphatic carbocycles. The maximum Gasteiger partial charge on any atom is 0.338 e. The molecule has 1 aliphatic rings. The van der Waals surface area contributed by atoms with Crippen LogP contribution in [0.3, 0.4) is 0 Å². The third-order valence-corrected chi connectivity index (χ3v) is 6.29. The van der Waals surface area contributed by atoms with Gasteiger partial charge in [0.05, 0.1) is 31.0 Å². The minimum Gasteiger partial charge on any atom is -0.493 e. The Labute approximate surface area is 219 Å². The standard InChI is InChI=1S/C27H24Cl2N2O5/c1-3-35-26(32)23-24(16-8-5-4-6-9-16)30-27(33)31-25(23)17-12-13-21(22(14-17)34-2)36-15-18-19(28)10-7-11-20(18)29/h4-14,25H,3,15H2,1-2H3,(H2,30,31,33)/t25-/m1/s1. The third kappa shape index (κ3) is 5.42. The number of benzene rings is 3. The lowest BCUT2D eigenvalue weighted by atomic mass is 9.92. The van der Waals surface area contributed by atoms with Gasteiger partial charge in [0.1, 0.15) is 6.61 Å². The molecule has 0 radical (unpaired) electrons. The van der Waals surface area contributed by atoms with Crippen molar-refractivity contribution in [1.29, 1.82) is 0 Å². The Morgan fingerprint density at radius 1 is 0.972 bits per heavy atom. The summed E-state index contributed by atoms with van der Waals surface area (Å²) in [4.78, 5) is 25.7. The lowest BCUT2D eigenvalue weighted by molar-refractivity contribution is -0.138. The summed E-state index contributed by atoms with van der Waals surface area (Å²) in [5.41, 5.74) is 2.61. The minimum atomic E-state index is -0.783. The number of halogens is 2. The Morgan fingerprint density at radius 3 is 2.36 bits per heavy atom. The van der Waals surface area contributed by atoms with Crippen molar-refractivity contribution in [3.8, 4) is 11.5 Å². The first-order chi connectivity index (χ1) is 17.4. The largest absolute Gasteiger partial charge is 0.493 e. The SMILES string of the molecule is CCOC(=O)C1=C(c2ccccc2)NC(=O)N[C@@H]1c1ccc(OCc2c(Cl)cccc2Cl)c(OC)c1. The van der Waals surface area contributed by atoms with E-state index in [4.69, 9.17) is 37.4 Å². The van der Waals surface area contributed by atoms with Crippen molar-refractivity contribution < 1.29 is 23.8 Å². The predicted molar refractivity (Wildman–Crippen MR) is 138 cm³/mol. The van der Waals surface area contributed by atoms with Crippen LogP contribution in [0, 0.1) is 0 Å². The first-order valence-corrected chi connectivity index (χ1v) is 12.0. The molecule has 0 aromatic heterocycles. The Hall–Kier alpha value is -3.68. The van der Waals surface area contributed by atoms with E-state index >= 15 is 0 Å². The van der Waals surface area contributed by atoms with Crippen LogP contribution in [0.25, 0.3) is 5.70 Å². The minimum absolute atomic E-state index is 0.129. The summed E-state index contributed by atoms with van der Waals surface area (Å²) in [6.45, 7) is 2.04. The fourth-order valence-electron chi connectivity index (χ4n) is 3.88. The number of urea groups is 1. The summed E-state index contributed by atoms with van der Waals surface area (Å²) in [6, 6.07) is 18.3. The monoisotopic (exact) mass is 526 g/mol. The first kappa shape index (κ1) is 25.4. The number of amides is 2. The molecule has 0 unspecified atom stereocenters. The predicted octanol–water partition coefficient (Wildman–Crippen LogP) is 5.91. The highest BCUT2D eigenvalue weighted by Gasteiger charge is 2.34. The van der Waals surface area contributed by atoms with Gasteiger partial charge in [0, 0.05) is 15.6 Å². The molecule has 1 aliphatic heterocycles. The maximum atomic E-state index is 13.1. The van der Waals surface area contributed by atoms with Crippen molar-refractivity contribution in [2.24, 2.45) is 0 Å². The highest BCUT2D eigenvalue weighted by Crippen LogP contribution is 2.37. The Morgan fingerprint density at radius 2 is 1.69 bits per heavy atom. The average molecular weight is 527 g/mol. The summed E-state index contributed by atoms with van der Waals surface area (Å²) < 4.78 is 16.8. The van der Waals surface area contributed by atoms with Crippen LogP contribution in [-0.4, -0.2) is 25.7 Å². The molecule has 186 valence electrons. The van der Waals surface area contributed by atoms with E-state index < -0.39 is 18.0 Å². The fraction of sp³-hybridized carbons (Fsp3) is 0.185. The molecular weight excluding hydrogens is 503 g/mol. The highest BCUT2D eigenvalue weighted by molar-refractivity contribution is 6.35. The molecule has 4 rings (SSSR count). The summed E-state index contributed by atoms with van der Waals surface area (Å²) in [7, 11) is 1.51. The van der Waals surface area contributed by atoms with Crippen molar-refractivity contribution in [2.45, 2.75) is 19.6 Å². The molecule has 7 nitrogen and oxygen atoms in total. The van der Waals surface area contributed by atoms with E-state index in [0.29, 0.717) is 43.9 Å². The van der Waals surface area contributed by atoms with Crippen molar-refractivity contribution in [3.05, 3.63) is 99.0 Å².